The normalized spacial score (nSPS) is 19.1. The lowest BCUT2D eigenvalue weighted by Crippen LogP contribution is -2.45. The molecule has 1 heterocycles. The lowest BCUT2D eigenvalue weighted by atomic mass is 9.98. The number of likely N-dealkylation sites (tertiary alicyclic amines) is 1. The summed E-state index contributed by atoms with van der Waals surface area (Å²) < 4.78 is 5.80. The van der Waals surface area contributed by atoms with Crippen LogP contribution in [0.5, 0.6) is 0 Å². The van der Waals surface area contributed by atoms with Gasteiger partial charge >= 0.3 is 6.09 Å². The highest BCUT2D eigenvalue weighted by atomic mass is 16.6. The molecule has 0 aromatic heterocycles. The number of amides is 1. The fourth-order valence-electron chi connectivity index (χ4n) is 4.41. The zero-order valence-electron chi connectivity index (χ0n) is 15.1. The van der Waals surface area contributed by atoms with E-state index in [0.717, 1.165) is 32.2 Å². The highest BCUT2D eigenvalue weighted by molar-refractivity contribution is 5.79. The molecule has 136 valence electrons. The van der Waals surface area contributed by atoms with Gasteiger partial charge in [-0.2, -0.15) is 0 Å². The summed E-state index contributed by atoms with van der Waals surface area (Å²) in [6, 6.07) is 17.1. The first-order valence-electron chi connectivity index (χ1n) is 9.61. The Bertz CT molecular complexity index is 742. The van der Waals surface area contributed by atoms with Crippen molar-refractivity contribution in [2.24, 2.45) is 5.73 Å². The first-order valence-corrected chi connectivity index (χ1v) is 9.61. The number of piperidine rings is 1. The van der Waals surface area contributed by atoms with Gasteiger partial charge in [-0.25, -0.2) is 4.79 Å². The summed E-state index contributed by atoms with van der Waals surface area (Å²) in [6.45, 7) is 1.78. The van der Waals surface area contributed by atoms with Crippen molar-refractivity contribution in [3.05, 3.63) is 59.7 Å². The van der Waals surface area contributed by atoms with Gasteiger partial charge in [-0.1, -0.05) is 48.5 Å². The first kappa shape index (κ1) is 17.1. The van der Waals surface area contributed by atoms with Crippen molar-refractivity contribution >= 4 is 6.09 Å². The zero-order chi connectivity index (χ0) is 17.9. The molecule has 0 spiro atoms. The number of rotatable bonds is 4. The third kappa shape index (κ3) is 3.10. The minimum Gasteiger partial charge on any atom is -0.448 e. The van der Waals surface area contributed by atoms with E-state index in [9.17, 15) is 4.79 Å². The lowest BCUT2D eigenvalue weighted by molar-refractivity contribution is 0.0697. The highest BCUT2D eigenvalue weighted by Gasteiger charge is 2.31. The Hall–Kier alpha value is -2.33. The third-order valence-corrected chi connectivity index (χ3v) is 5.70. The molecule has 1 amide bonds. The molecule has 26 heavy (non-hydrogen) atoms. The van der Waals surface area contributed by atoms with Gasteiger partial charge in [0.25, 0.3) is 0 Å². The average Bonchev–Trinajstić information content (AvgIpc) is 3.01. The molecule has 0 saturated carbocycles. The molecule has 0 bridgehead atoms. The van der Waals surface area contributed by atoms with Crippen LogP contribution in [-0.4, -0.2) is 36.7 Å². The van der Waals surface area contributed by atoms with E-state index in [1.54, 1.807) is 0 Å². The largest absolute Gasteiger partial charge is 0.448 e. The quantitative estimate of drug-likeness (QED) is 0.902. The van der Waals surface area contributed by atoms with Gasteiger partial charge in [0.1, 0.15) is 6.61 Å². The summed E-state index contributed by atoms with van der Waals surface area (Å²) in [5.74, 6) is 0.115. The lowest BCUT2D eigenvalue weighted by Gasteiger charge is -2.35. The summed E-state index contributed by atoms with van der Waals surface area (Å²) >= 11 is 0. The van der Waals surface area contributed by atoms with E-state index in [-0.39, 0.29) is 18.1 Å². The molecule has 0 unspecified atom stereocenters. The molecule has 4 nitrogen and oxygen atoms in total. The van der Waals surface area contributed by atoms with Gasteiger partial charge in [0.05, 0.1) is 0 Å². The number of hydrogen-bond acceptors (Lipinski definition) is 3. The molecular formula is C22H26N2O2. The molecule has 1 saturated heterocycles. The smallest absolute Gasteiger partial charge is 0.410 e. The van der Waals surface area contributed by atoms with E-state index in [4.69, 9.17) is 10.5 Å². The maximum atomic E-state index is 12.7. The van der Waals surface area contributed by atoms with Crippen molar-refractivity contribution < 1.29 is 9.53 Å². The summed E-state index contributed by atoms with van der Waals surface area (Å²) in [6.07, 6.45) is 3.90. The molecule has 1 aliphatic carbocycles. The van der Waals surface area contributed by atoms with Crippen molar-refractivity contribution in [2.45, 2.75) is 37.6 Å². The molecule has 4 heteroatoms. The second-order valence-electron chi connectivity index (χ2n) is 7.22. The highest BCUT2D eigenvalue weighted by Crippen LogP contribution is 2.44. The summed E-state index contributed by atoms with van der Waals surface area (Å²) in [7, 11) is 0. The van der Waals surface area contributed by atoms with E-state index in [1.165, 1.54) is 22.3 Å². The Labute approximate surface area is 155 Å². The van der Waals surface area contributed by atoms with Crippen molar-refractivity contribution in [1.29, 1.82) is 0 Å². The number of hydrogen-bond donors (Lipinski definition) is 1. The minimum absolute atomic E-state index is 0.115. The number of carbonyl (C=O) groups excluding carboxylic acids is 1. The molecule has 1 aliphatic heterocycles. The molecule has 0 radical (unpaired) electrons. The maximum absolute atomic E-state index is 12.7. The van der Waals surface area contributed by atoms with Crippen LogP contribution in [0.1, 0.15) is 42.7 Å². The predicted octanol–water partition coefficient (Wildman–Crippen LogP) is 4.14. The summed E-state index contributed by atoms with van der Waals surface area (Å²) in [5.41, 5.74) is 10.7. The molecule has 1 fully saturated rings. The molecule has 1 atom stereocenters. The zero-order valence-corrected chi connectivity index (χ0v) is 15.1. The van der Waals surface area contributed by atoms with Gasteiger partial charge in [0.2, 0.25) is 0 Å². The Morgan fingerprint density at radius 3 is 2.35 bits per heavy atom. The Morgan fingerprint density at radius 1 is 1.04 bits per heavy atom. The van der Waals surface area contributed by atoms with E-state index < -0.39 is 0 Å². The van der Waals surface area contributed by atoms with Crippen molar-refractivity contribution in [2.75, 3.05) is 19.7 Å². The van der Waals surface area contributed by atoms with Gasteiger partial charge in [0.15, 0.2) is 0 Å². The van der Waals surface area contributed by atoms with E-state index >= 15 is 0 Å². The molecule has 2 aliphatic rings. The molecule has 2 aromatic carbocycles. The second-order valence-corrected chi connectivity index (χ2v) is 7.22. The fraction of sp³-hybridized carbons (Fsp3) is 0.409. The number of fused-ring (bicyclic) bond motifs is 3. The second kappa shape index (κ2) is 7.50. The van der Waals surface area contributed by atoms with Crippen LogP contribution in [-0.2, 0) is 4.74 Å². The Balaban J connectivity index is 1.50. The van der Waals surface area contributed by atoms with Gasteiger partial charge in [-0.05, 0) is 54.5 Å². The van der Waals surface area contributed by atoms with Crippen LogP contribution in [0.4, 0.5) is 4.79 Å². The topological polar surface area (TPSA) is 55.6 Å². The van der Waals surface area contributed by atoms with Crippen molar-refractivity contribution in [3.63, 3.8) is 0 Å². The van der Waals surface area contributed by atoms with Crippen LogP contribution >= 0.6 is 0 Å². The van der Waals surface area contributed by atoms with E-state index in [2.05, 4.69) is 48.5 Å². The number of ether oxygens (including phenoxy) is 1. The minimum atomic E-state index is -0.190. The Morgan fingerprint density at radius 2 is 1.69 bits per heavy atom. The summed E-state index contributed by atoms with van der Waals surface area (Å²) in [4.78, 5) is 14.6. The van der Waals surface area contributed by atoms with E-state index in [1.807, 2.05) is 4.90 Å². The fourth-order valence-corrected chi connectivity index (χ4v) is 4.41. The first-order chi connectivity index (χ1) is 12.8. The third-order valence-electron chi connectivity index (χ3n) is 5.70. The number of nitrogens with zero attached hydrogens (tertiary/aromatic N) is 1. The van der Waals surface area contributed by atoms with Gasteiger partial charge in [0, 0.05) is 18.5 Å². The summed E-state index contributed by atoms with van der Waals surface area (Å²) in [5, 5.41) is 0. The standard InChI is InChI=1S/C22H26N2O2/c23-13-12-16-7-5-6-14-24(16)22(25)26-15-21-19-10-3-1-8-17(19)18-9-2-4-11-20(18)21/h1-4,8-11,16,21H,5-7,12-15,23H2/t16-/m1/s1. The number of benzene rings is 2. The SMILES string of the molecule is NCC[C@H]1CCCCN1C(=O)OCC1c2ccccc2-c2ccccc21. The van der Waals surface area contributed by atoms with Crippen LogP contribution in [0.25, 0.3) is 11.1 Å². The molecular weight excluding hydrogens is 324 g/mol. The number of carbonyl (C=O) groups is 1. The van der Waals surface area contributed by atoms with E-state index in [0.29, 0.717) is 13.2 Å². The van der Waals surface area contributed by atoms with Crippen LogP contribution in [0.2, 0.25) is 0 Å². The van der Waals surface area contributed by atoms with Crippen LogP contribution in [0.3, 0.4) is 0 Å². The number of nitrogens with two attached hydrogens (primary N) is 1. The monoisotopic (exact) mass is 350 g/mol. The van der Waals surface area contributed by atoms with Crippen molar-refractivity contribution in [1.82, 2.24) is 4.90 Å². The van der Waals surface area contributed by atoms with Crippen LogP contribution in [0.15, 0.2) is 48.5 Å². The molecule has 4 rings (SSSR count). The average molecular weight is 350 g/mol. The van der Waals surface area contributed by atoms with Gasteiger partial charge < -0.3 is 15.4 Å². The molecule has 2 N–H and O–H groups in total. The van der Waals surface area contributed by atoms with Gasteiger partial charge in [-0.3, -0.25) is 0 Å². The molecule has 2 aromatic rings. The van der Waals surface area contributed by atoms with Crippen molar-refractivity contribution in [3.8, 4) is 11.1 Å². The van der Waals surface area contributed by atoms with Gasteiger partial charge in [-0.15, -0.1) is 0 Å². The van der Waals surface area contributed by atoms with Crippen LogP contribution < -0.4 is 5.73 Å². The maximum Gasteiger partial charge on any atom is 0.410 e. The van der Waals surface area contributed by atoms with Crippen LogP contribution in [0, 0.1) is 0 Å². The predicted molar refractivity (Wildman–Crippen MR) is 103 cm³/mol. The Kier molecular flexibility index (Phi) is 4.93.